The number of amides is 1. The zero-order valence-electron chi connectivity index (χ0n) is 17.1. The summed E-state index contributed by atoms with van der Waals surface area (Å²) in [5.74, 6) is 1.43. The van der Waals surface area contributed by atoms with Gasteiger partial charge in [-0.25, -0.2) is 4.98 Å². The predicted octanol–water partition coefficient (Wildman–Crippen LogP) is 2.62. The van der Waals surface area contributed by atoms with Crippen LogP contribution in [-0.2, 0) is 25.3 Å². The Morgan fingerprint density at radius 3 is 2.61 bits per heavy atom. The maximum atomic E-state index is 12.8. The molecule has 0 aliphatic heterocycles. The molecule has 2 heterocycles. The van der Waals surface area contributed by atoms with Crippen molar-refractivity contribution in [1.29, 1.82) is 0 Å². The summed E-state index contributed by atoms with van der Waals surface area (Å²) < 4.78 is 9.27. The fraction of sp³-hybridized carbons (Fsp3) is 0.381. The first-order chi connectivity index (χ1) is 13.4. The van der Waals surface area contributed by atoms with E-state index in [1.807, 2.05) is 67.7 Å². The van der Waals surface area contributed by atoms with Gasteiger partial charge in [-0.15, -0.1) is 0 Å². The third kappa shape index (κ3) is 3.93. The van der Waals surface area contributed by atoms with Crippen LogP contribution in [0.15, 0.2) is 36.7 Å². The largest absolute Gasteiger partial charge is 0.496 e. The van der Waals surface area contributed by atoms with Crippen molar-refractivity contribution in [3.63, 3.8) is 0 Å². The highest BCUT2D eigenvalue weighted by Gasteiger charge is 2.24. The summed E-state index contributed by atoms with van der Waals surface area (Å²) in [6.45, 7) is 4.00. The molecule has 1 unspecified atom stereocenters. The molecule has 7 heteroatoms. The second kappa shape index (κ2) is 8.29. The minimum atomic E-state index is -0.389. The topological polar surface area (TPSA) is 74.0 Å². The average Bonchev–Trinajstić information content (AvgIpc) is 3.21. The van der Waals surface area contributed by atoms with Crippen molar-refractivity contribution in [2.24, 2.45) is 14.1 Å². The number of nitrogens with one attached hydrogen (secondary N) is 1. The van der Waals surface area contributed by atoms with E-state index in [0.29, 0.717) is 12.8 Å². The molecule has 1 N–H and O–H groups in total. The minimum absolute atomic E-state index is 0.0402. The molecule has 1 atom stereocenters. The van der Waals surface area contributed by atoms with Gasteiger partial charge in [-0.1, -0.05) is 18.2 Å². The fourth-order valence-corrected chi connectivity index (χ4v) is 3.49. The number of imidazole rings is 1. The van der Waals surface area contributed by atoms with Crippen molar-refractivity contribution in [1.82, 2.24) is 24.6 Å². The number of methoxy groups -OCH3 is 1. The van der Waals surface area contributed by atoms with Gasteiger partial charge in [-0.05, 0) is 31.9 Å². The maximum absolute atomic E-state index is 12.8. The van der Waals surface area contributed by atoms with Crippen molar-refractivity contribution in [2.45, 2.75) is 32.7 Å². The number of benzene rings is 1. The van der Waals surface area contributed by atoms with Crippen LogP contribution in [0.25, 0.3) is 0 Å². The van der Waals surface area contributed by atoms with Crippen LogP contribution in [-0.4, -0.2) is 32.3 Å². The minimum Gasteiger partial charge on any atom is -0.496 e. The van der Waals surface area contributed by atoms with Crippen LogP contribution in [0.4, 0.5) is 0 Å². The second-order valence-electron chi connectivity index (χ2n) is 6.91. The molecule has 28 heavy (non-hydrogen) atoms. The van der Waals surface area contributed by atoms with E-state index in [-0.39, 0.29) is 11.9 Å². The highest BCUT2D eigenvalue weighted by atomic mass is 16.5. The monoisotopic (exact) mass is 381 g/mol. The van der Waals surface area contributed by atoms with Gasteiger partial charge in [-0.2, -0.15) is 5.10 Å². The van der Waals surface area contributed by atoms with E-state index >= 15 is 0 Å². The van der Waals surface area contributed by atoms with Crippen molar-refractivity contribution >= 4 is 5.91 Å². The van der Waals surface area contributed by atoms with Crippen LogP contribution in [0.1, 0.15) is 40.8 Å². The number of nitrogens with zero attached hydrogens (tertiary/aromatic N) is 4. The Balaban J connectivity index is 1.82. The number of rotatable bonds is 7. The summed E-state index contributed by atoms with van der Waals surface area (Å²) in [6.07, 6.45) is 4.62. The lowest BCUT2D eigenvalue weighted by Gasteiger charge is -2.21. The van der Waals surface area contributed by atoms with E-state index in [4.69, 9.17) is 4.74 Å². The molecule has 7 nitrogen and oxygen atoms in total. The van der Waals surface area contributed by atoms with Gasteiger partial charge in [-0.3, -0.25) is 9.48 Å². The number of ether oxygens (including phenoxy) is 1. The third-order valence-electron chi connectivity index (χ3n) is 5.13. The lowest BCUT2D eigenvalue weighted by molar-refractivity contribution is -0.121. The molecule has 0 bridgehead atoms. The molecule has 148 valence electrons. The summed E-state index contributed by atoms with van der Waals surface area (Å²) in [6, 6.07) is 7.29. The predicted molar refractivity (Wildman–Crippen MR) is 107 cm³/mol. The molecule has 0 aliphatic carbocycles. The second-order valence-corrected chi connectivity index (χ2v) is 6.91. The smallest absolute Gasteiger partial charge is 0.221 e. The number of para-hydroxylation sites is 1. The lowest BCUT2D eigenvalue weighted by Crippen LogP contribution is -2.31. The first kappa shape index (κ1) is 19.7. The highest BCUT2D eigenvalue weighted by molar-refractivity contribution is 5.77. The number of hydrogen-bond acceptors (Lipinski definition) is 4. The molecular formula is C21H27N5O2. The fourth-order valence-electron chi connectivity index (χ4n) is 3.49. The zero-order chi connectivity index (χ0) is 20.3. The molecular weight excluding hydrogens is 354 g/mol. The van der Waals surface area contributed by atoms with Gasteiger partial charge in [0.1, 0.15) is 17.6 Å². The van der Waals surface area contributed by atoms with Gasteiger partial charge in [0.15, 0.2) is 0 Å². The van der Waals surface area contributed by atoms with E-state index in [1.54, 1.807) is 13.3 Å². The maximum Gasteiger partial charge on any atom is 0.221 e. The molecule has 0 fully saturated rings. The van der Waals surface area contributed by atoms with Gasteiger partial charge in [0.2, 0.25) is 5.91 Å². The third-order valence-corrected chi connectivity index (χ3v) is 5.13. The molecule has 0 saturated carbocycles. The molecule has 3 rings (SSSR count). The van der Waals surface area contributed by atoms with E-state index < -0.39 is 0 Å². The quantitative estimate of drug-likeness (QED) is 0.683. The molecule has 2 aromatic heterocycles. The summed E-state index contributed by atoms with van der Waals surface area (Å²) in [7, 11) is 5.47. The van der Waals surface area contributed by atoms with Crippen molar-refractivity contribution < 1.29 is 9.53 Å². The summed E-state index contributed by atoms with van der Waals surface area (Å²) in [5, 5.41) is 7.56. The van der Waals surface area contributed by atoms with Crippen LogP contribution in [0.3, 0.4) is 0 Å². The Morgan fingerprint density at radius 1 is 1.25 bits per heavy atom. The van der Waals surface area contributed by atoms with Gasteiger partial charge in [0.25, 0.3) is 0 Å². The normalized spacial score (nSPS) is 12.0. The Hall–Kier alpha value is -3.09. The number of hydrogen-bond donors (Lipinski definition) is 1. The van der Waals surface area contributed by atoms with E-state index in [1.165, 1.54) is 0 Å². The molecule has 1 aromatic carbocycles. The first-order valence-electron chi connectivity index (χ1n) is 9.31. The molecule has 0 aliphatic rings. The zero-order valence-corrected chi connectivity index (χ0v) is 17.1. The van der Waals surface area contributed by atoms with Gasteiger partial charge >= 0.3 is 0 Å². The van der Waals surface area contributed by atoms with Crippen molar-refractivity contribution in [2.75, 3.05) is 7.11 Å². The Morgan fingerprint density at radius 2 is 2.00 bits per heavy atom. The molecule has 1 amide bonds. The van der Waals surface area contributed by atoms with E-state index in [0.717, 1.165) is 34.1 Å². The Kier molecular flexibility index (Phi) is 5.82. The number of aromatic nitrogens is 4. The molecule has 0 saturated heterocycles. The van der Waals surface area contributed by atoms with Gasteiger partial charge in [0.05, 0.1) is 12.8 Å². The SMILES string of the molecule is COc1ccccc1C(NC(=O)CCc1c(C)nn(C)c1C)c1nccn1C. The Labute approximate surface area is 165 Å². The van der Waals surface area contributed by atoms with E-state index in [9.17, 15) is 4.79 Å². The van der Waals surface area contributed by atoms with Gasteiger partial charge in [0, 0.05) is 44.2 Å². The van der Waals surface area contributed by atoms with Crippen LogP contribution >= 0.6 is 0 Å². The van der Waals surface area contributed by atoms with Crippen LogP contribution in [0.2, 0.25) is 0 Å². The lowest BCUT2D eigenvalue weighted by atomic mass is 10.0. The van der Waals surface area contributed by atoms with E-state index in [2.05, 4.69) is 15.4 Å². The van der Waals surface area contributed by atoms with Gasteiger partial charge < -0.3 is 14.6 Å². The number of carbonyl (C=O) groups is 1. The Bertz CT molecular complexity index is 973. The summed E-state index contributed by atoms with van der Waals surface area (Å²) in [5.41, 5.74) is 4.07. The highest BCUT2D eigenvalue weighted by Crippen LogP contribution is 2.29. The van der Waals surface area contributed by atoms with Crippen LogP contribution < -0.4 is 10.1 Å². The summed E-state index contributed by atoms with van der Waals surface area (Å²) in [4.78, 5) is 17.3. The number of carbonyl (C=O) groups excluding carboxylic acids is 1. The average molecular weight is 381 g/mol. The molecule has 0 radical (unpaired) electrons. The van der Waals surface area contributed by atoms with Crippen molar-refractivity contribution in [3.05, 3.63) is 65.0 Å². The summed E-state index contributed by atoms with van der Waals surface area (Å²) >= 11 is 0. The standard InChI is InChI=1S/C21H27N5O2/c1-14-16(15(2)26(4)24-14)10-11-19(27)23-20(21-22-12-13-25(21)3)17-8-6-7-9-18(17)28-5/h6-9,12-13,20H,10-11H2,1-5H3,(H,23,27). The van der Waals surface area contributed by atoms with Crippen molar-refractivity contribution in [3.8, 4) is 5.75 Å². The molecule has 0 spiro atoms. The van der Waals surface area contributed by atoms with Crippen LogP contribution in [0, 0.1) is 13.8 Å². The molecule has 3 aromatic rings. The first-order valence-corrected chi connectivity index (χ1v) is 9.31. The van der Waals surface area contributed by atoms with Crippen LogP contribution in [0.5, 0.6) is 5.75 Å². The number of aryl methyl sites for hydroxylation is 3.